The van der Waals surface area contributed by atoms with Gasteiger partial charge < -0.3 is 4.74 Å². The summed E-state index contributed by atoms with van der Waals surface area (Å²) in [6, 6.07) is 0.190. The van der Waals surface area contributed by atoms with Crippen LogP contribution in [0.3, 0.4) is 0 Å². The summed E-state index contributed by atoms with van der Waals surface area (Å²) in [6.07, 6.45) is -5.29. The van der Waals surface area contributed by atoms with Crippen LogP contribution in [-0.4, -0.2) is 14.8 Å². The predicted molar refractivity (Wildman–Crippen MR) is 46.1 cm³/mol. The van der Waals surface area contributed by atoms with E-state index in [0.29, 0.717) is 0 Å². The van der Waals surface area contributed by atoms with Gasteiger partial charge in [0.25, 0.3) is 9.05 Å². The molecule has 0 amide bonds. The van der Waals surface area contributed by atoms with Crippen LogP contribution in [0.2, 0.25) is 0 Å². The molecule has 0 saturated carbocycles. The Morgan fingerprint density at radius 2 is 1.71 bits per heavy atom. The third kappa shape index (κ3) is 3.70. The maximum Gasteiger partial charge on any atom is 0.573 e. The van der Waals surface area contributed by atoms with E-state index in [2.05, 4.69) is 4.74 Å². The van der Waals surface area contributed by atoms with Crippen molar-refractivity contribution in [3.05, 3.63) is 23.8 Å². The molecule has 0 heterocycles. The monoisotopic (exact) mass is 296 g/mol. The lowest BCUT2D eigenvalue weighted by atomic mass is 10.3. The smallest absolute Gasteiger partial charge is 0.402 e. The van der Waals surface area contributed by atoms with Gasteiger partial charge in [-0.25, -0.2) is 17.2 Å². The van der Waals surface area contributed by atoms with E-state index in [0.717, 1.165) is 0 Å². The minimum atomic E-state index is -5.29. The maximum atomic E-state index is 13.2. The lowest BCUT2D eigenvalue weighted by Gasteiger charge is -2.11. The van der Waals surface area contributed by atoms with Gasteiger partial charge in [-0.1, -0.05) is 0 Å². The minimum Gasteiger partial charge on any atom is -0.402 e. The molecule has 0 aliphatic carbocycles. The molecule has 96 valence electrons. The Labute approximate surface area is 96.2 Å². The van der Waals surface area contributed by atoms with E-state index in [4.69, 9.17) is 10.7 Å². The summed E-state index contributed by atoms with van der Waals surface area (Å²) in [7, 11) is -0.0164. The van der Waals surface area contributed by atoms with Crippen molar-refractivity contribution in [1.29, 1.82) is 0 Å². The van der Waals surface area contributed by atoms with E-state index in [1.165, 1.54) is 0 Å². The number of halogens is 6. The first kappa shape index (κ1) is 14.0. The van der Waals surface area contributed by atoms with Crippen LogP contribution < -0.4 is 4.74 Å². The Hall–Kier alpha value is -1.09. The van der Waals surface area contributed by atoms with Gasteiger partial charge in [0, 0.05) is 16.7 Å². The second kappa shape index (κ2) is 4.30. The fourth-order valence-electron chi connectivity index (χ4n) is 0.917. The summed E-state index contributed by atoms with van der Waals surface area (Å²) in [6.45, 7) is 0. The molecule has 0 aliphatic heterocycles. The number of alkyl halides is 3. The lowest BCUT2D eigenvalue weighted by molar-refractivity contribution is -0.275. The molecule has 1 rings (SSSR count). The molecule has 0 unspecified atom stereocenters. The highest BCUT2D eigenvalue weighted by Gasteiger charge is 2.34. The summed E-state index contributed by atoms with van der Waals surface area (Å²) >= 11 is 0. The Balaban J connectivity index is 3.40. The van der Waals surface area contributed by atoms with Crippen LogP contribution in [0.5, 0.6) is 5.75 Å². The van der Waals surface area contributed by atoms with Gasteiger partial charge in [-0.05, 0) is 6.07 Å². The van der Waals surface area contributed by atoms with Gasteiger partial charge >= 0.3 is 6.36 Å². The highest BCUT2D eigenvalue weighted by atomic mass is 35.7. The summed E-state index contributed by atoms with van der Waals surface area (Å²) in [4.78, 5) is -1.43. The Morgan fingerprint density at radius 1 is 1.18 bits per heavy atom. The summed E-state index contributed by atoms with van der Waals surface area (Å²) in [5.41, 5.74) is 0. The van der Waals surface area contributed by atoms with Gasteiger partial charge in [0.15, 0.2) is 11.6 Å². The molecule has 0 atom stereocenters. The topological polar surface area (TPSA) is 43.4 Å². The van der Waals surface area contributed by atoms with Gasteiger partial charge in [-0.3, -0.25) is 0 Å². The van der Waals surface area contributed by atoms with Crippen LogP contribution in [0, 0.1) is 11.6 Å². The molecular weight excluding hydrogens is 295 g/mol. The maximum absolute atomic E-state index is 13.2. The highest BCUT2D eigenvalue weighted by molar-refractivity contribution is 8.13. The molecule has 0 aliphatic rings. The standard InChI is InChI=1S/C7H2ClF5O3S/c8-17(14,15)5-2-3(9)1-4(6(5)10)16-7(11,12)13/h1-2H. The van der Waals surface area contributed by atoms with Crippen LogP contribution >= 0.6 is 10.7 Å². The van der Waals surface area contributed by atoms with E-state index >= 15 is 0 Å². The highest BCUT2D eigenvalue weighted by Crippen LogP contribution is 2.31. The van der Waals surface area contributed by atoms with Crippen LogP contribution in [0.25, 0.3) is 0 Å². The number of rotatable bonds is 2. The molecule has 0 fully saturated rings. The molecule has 0 N–H and O–H groups in total. The second-order valence-electron chi connectivity index (χ2n) is 2.70. The number of ether oxygens (including phenoxy) is 1. The molecule has 3 nitrogen and oxygen atoms in total. The van der Waals surface area contributed by atoms with E-state index in [1.807, 2.05) is 0 Å². The van der Waals surface area contributed by atoms with Crippen molar-refractivity contribution >= 4 is 19.7 Å². The van der Waals surface area contributed by atoms with E-state index in [-0.39, 0.29) is 12.1 Å². The minimum absolute atomic E-state index is 0.0500. The number of benzene rings is 1. The SMILES string of the molecule is O=S(=O)(Cl)c1cc(F)cc(OC(F)(F)F)c1F. The molecular formula is C7H2ClF5O3S. The lowest BCUT2D eigenvalue weighted by Crippen LogP contribution is -2.18. The van der Waals surface area contributed by atoms with Crippen LogP contribution in [0.15, 0.2) is 17.0 Å². The number of hydrogen-bond donors (Lipinski definition) is 0. The van der Waals surface area contributed by atoms with E-state index in [1.54, 1.807) is 0 Å². The average molecular weight is 297 g/mol. The van der Waals surface area contributed by atoms with E-state index < -0.39 is 37.7 Å². The van der Waals surface area contributed by atoms with Crippen molar-refractivity contribution in [2.75, 3.05) is 0 Å². The zero-order chi connectivity index (χ0) is 13.4. The normalized spacial score (nSPS) is 12.6. The first-order valence-corrected chi connectivity index (χ1v) is 6.01. The van der Waals surface area contributed by atoms with E-state index in [9.17, 15) is 30.4 Å². The van der Waals surface area contributed by atoms with Gasteiger partial charge in [0.05, 0.1) is 0 Å². The summed E-state index contributed by atoms with van der Waals surface area (Å²) < 4.78 is 86.0. The van der Waals surface area contributed by atoms with Crippen LogP contribution in [0.4, 0.5) is 22.0 Å². The molecule has 10 heteroatoms. The molecule has 1 aromatic carbocycles. The first-order chi connectivity index (χ1) is 7.50. The van der Waals surface area contributed by atoms with Gasteiger partial charge in [0.1, 0.15) is 10.7 Å². The summed E-state index contributed by atoms with van der Waals surface area (Å²) in [5.74, 6) is -4.97. The van der Waals surface area contributed by atoms with Crippen molar-refractivity contribution in [3.8, 4) is 5.75 Å². The fraction of sp³-hybridized carbons (Fsp3) is 0.143. The largest absolute Gasteiger partial charge is 0.573 e. The average Bonchev–Trinajstić information content (AvgIpc) is 2.06. The fourth-order valence-corrected chi connectivity index (χ4v) is 1.82. The molecule has 17 heavy (non-hydrogen) atoms. The van der Waals surface area contributed by atoms with Gasteiger partial charge in [0.2, 0.25) is 0 Å². The Morgan fingerprint density at radius 3 is 2.12 bits per heavy atom. The molecule has 1 aromatic rings. The third-order valence-corrected chi connectivity index (χ3v) is 2.78. The van der Waals surface area contributed by atoms with Crippen LogP contribution in [0.1, 0.15) is 0 Å². The molecule has 0 aromatic heterocycles. The Kier molecular flexibility index (Phi) is 3.53. The zero-order valence-electron chi connectivity index (χ0n) is 7.56. The van der Waals surface area contributed by atoms with Crippen molar-refractivity contribution in [1.82, 2.24) is 0 Å². The molecule has 0 bridgehead atoms. The Bertz CT molecular complexity index is 539. The summed E-state index contributed by atoms with van der Waals surface area (Å²) in [5, 5.41) is 0. The second-order valence-corrected chi connectivity index (χ2v) is 5.24. The zero-order valence-corrected chi connectivity index (χ0v) is 9.13. The van der Waals surface area contributed by atoms with Crippen molar-refractivity contribution in [2.24, 2.45) is 0 Å². The van der Waals surface area contributed by atoms with Gasteiger partial charge in [-0.15, -0.1) is 13.2 Å². The van der Waals surface area contributed by atoms with Gasteiger partial charge in [-0.2, -0.15) is 0 Å². The van der Waals surface area contributed by atoms with Crippen LogP contribution in [-0.2, 0) is 9.05 Å². The van der Waals surface area contributed by atoms with Crippen molar-refractivity contribution < 1.29 is 35.1 Å². The molecule has 0 radical (unpaired) electrons. The predicted octanol–water partition coefficient (Wildman–Crippen LogP) is 2.79. The molecule has 0 spiro atoms. The first-order valence-electron chi connectivity index (χ1n) is 3.70. The van der Waals surface area contributed by atoms with Crippen molar-refractivity contribution in [3.63, 3.8) is 0 Å². The third-order valence-electron chi connectivity index (χ3n) is 1.46. The quantitative estimate of drug-likeness (QED) is 0.622. The number of hydrogen-bond acceptors (Lipinski definition) is 3. The van der Waals surface area contributed by atoms with Crippen molar-refractivity contribution in [2.45, 2.75) is 11.3 Å². The molecule has 0 saturated heterocycles.